The summed E-state index contributed by atoms with van der Waals surface area (Å²) >= 11 is 0. The fourth-order valence-electron chi connectivity index (χ4n) is 1.18. The molecular formula is C11H23N2O3+. The maximum Gasteiger partial charge on any atom is 0.308 e. The Morgan fingerprint density at radius 2 is 1.81 bits per heavy atom. The lowest BCUT2D eigenvalue weighted by molar-refractivity contribution is -0.628. The van der Waals surface area contributed by atoms with Crippen LogP contribution in [0.4, 0.5) is 0 Å². The minimum atomic E-state index is -0.318. The first kappa shape index (κ1) is 14.9. The van der Waals surface area contributed by atoms with Crippen molar-refractivity contribution in [2.45, 2.75) is 26.7 Å². The van der Waals surface area contributed by atoms with Crippen molar-refractivity contribution >= 4 is 11.9 Å². The molecular weight excluding hydrogens is 208 g/mol. The van der Waals surface area contributed by atoms with Gasteiger partial charge in [0.05, 0.1) is 13.0 Å². The van der Waals surface area contributed by atoms with Gasteiger partial charge in [0.15, 0.2) is 0 Å². The SMILES string of the molecule is C[NH2+]CCOC(=O)C(C)CCC(C)C(N)=O. The highest BCUT2D eigenvalue weighted by atomic mass is 16.5. The summed E-state index contributed by atoms with van der Waals surface area (Å²) in [5.41, 5.74) is 5.14. The average Bonchev–Trinajstić information content (AvgIpc) is 2.25. The normalized spacial score (nSPS) is 14.2. The lowest BCUT2D eigenvalue weighted by Gasteiger charge is -2.12. The van der Waals surface area contributed by atoms with Crippen molar-refractivity contribution < 1.29 is 19.6 Å². The predicted octanol–water partition coefficient (Wildman–Crippen LogP) is -0.739. The second kappa shape index (κ2) is 8.10. The molecule has 0 aliphatic carbocycles. The Morgan fingerprint density at radius 1 is 1.25 bits per heavy atom. The van der Waals surface area contributed by atoms with Crippen molar-refractivity contribution in [3.63, 3.8) is 0 Å². The largest absolute Gasteiger partial charge is 0.459 e. The van der Waals surface area contributed by atoms with Gasteiger partial charge in [0.1, 0.15) is 13.2 Å². The van der Waals surface area contributed by atoms with E-state index in [0.29, 0.717) is 19.4 Å². The monoisotopic (exact) mass is 231 g/mol. The number of hydrogen-bond donors (Lipinski definition) is 2. The fraction of sp³-hybridized carbons (Fsp3) is 0.818. The Labute approximate surface area is 96.7 Å². The summed E-state index contributed by atoms with van der Waals surface area (Å²) in [6.07, 6.45) is 1.27. The Bertz CT molecular complexity index is 231. The molecule has 0 rings (SSSR count). The van der Waals surface area contributed by atoms with Crippen molar-refractivity contribution in [1.29, 1.82) is 0 Å². The number of likely N-dealkylation sites (N-methyl/N-ethyl adjacent to an activating group) is 1. The standard InChI is InChI=1S/C11H22N2O3/c1-8(10(12)14)4-5-9(2)11(15)16-7-6-13-3/h8-9,13H,4-7H2,1-3H3,(H2,12,14)/p+1. The molecule has 16 heavy (non-hydrogen) atoms. The smallest absolute Gasteiger partial charge is 0.308 e. The number of nitrogens with two attached hydrogens (primary N) is 2. The first-order valence-corrected chi connectivity index (χ1v) is 5.72. The molecule has 5 nitrogen and oxygen atoms in total. The molecule has 2 unspecified atom stereocenters. The summed E-state index contributed by atoms with van der Waals surface area (Å²) in [6.45, 7) is 4.79. The zero-order valence-electron chi connectivity index (χ0n) is 10.4. The van der Waals surface area contributed by atoms with E-state index < -0.39 is 0 Å². The van der Waals surface area contributed by atoms with Crippen molar-refractivity contribution in [3.05, 3.63) is 0 Å². The number of amides is 1. The van der Waals surface area contributed by atoms with Gasteiger partial charge in [-0.15, -0.1) is 0 Å². The lowest BCUT2D eigenvalue weighted by Crippen LogP contribution is -2.80. The van der Waals surface area contributed by atoms with Gasteiger partial charge < -0.3 is 15.8 Å². The first-order chi connectivity index (χ1) is 7.49. The fourth-order valence-corrected chi connectivity index (χ4v) is 1.18. The van der Waals surface area contributed by atoms with Gasteiger partial charge >= 0.3 is 5.97 Å². The third-order valence-corrected chi connectivity index (χ3v) is 2.57. The molecule has 0 saturated carbocycles. The molecule has 2 atom stereocenters. The van der Waals surface area contributed by atoms with Crippen LogP contribution in [-0.4, -0.2) is 32.1 Å². The number of ether oxygens (including phenoxy) is 1. The highest BCUT2D eigenvalue weighted by Crippen LogP contribution is 2.13. The van der Waals surface area contributed by atoms with E-state index in [-0.39, 0.29) is 23.7 Å². The summed E-state index contributed by atoms with van der Waals surface area (Å²) in [7, 11) is 1.92. The summed E-state index contributed by atoms with van der Waals surface area (Å²) in [5.74, 6) is -0.863. The van der Waals surface area contributed by atoms with Crippen LogP contribution >= 0.6 is 0 Å². The number of hydrogen-bond acceptors (Lipinski definition) is 3. The molecule has 0 heterocycles. The predicted molar refractivity (Wildman–Crippen MR) is 60.4 cm³/mol. The minimum Gasteiger partial charge on any atom is -0.459 e. The lowest BCUT2D eigenvalue weighted by atomic mass is 9.98. The number of carbonyl (C=O) groups is 2. The maximum absolute atomic E-state index is 11.4. The van der Waals surface area contributed by atoms with E-state index in [1.165, 1.54) is 0 Å². The van der Waals surface area contributed by atoms with Gasteiger partial charge in [-0.3, -0.25) is 9.59 Å². The van der Waals surface area contributed by atoms with Crippen molar-refractivity contribution in [1.82, 2.24) is 0 Å². The molecule has 0 spiro atoms. The Hall–Kier alpha value is -1.10. The van der Waals surface area contributed by atoms with Crippen LogP contribution < -0.4 is 11.1 Å². The number of primary amides is 1. The Balaban J connectivity index is 3.74. The molecule has 0 aliphatic rings. The van der Waals surface area contributed by atoms with Gasteiger partial charge in [0.2, 0.25) is 5.91 Å². The van der Waals surface area contributed by atoms with E-state index in [1.54, 1.807) is 6.92 Å². The summed E-state index contributed by atoms with van der Waals surface area (Å²) < 4.78 is 5.05. The van der Waals surface area contributed by atoms with Gasteiger partial charge in [-0.1, -0.05) is 13.8 Å². The van der Waals surface area contributed by atoms with Gasteiger partial charge in [-0.2, -0.15) is 0 Å². The average molecular weight is 231 g/mol. The van der Waals surface area contributed by atoms with Crippen LogP contribution in [0, 0.1) is 11.8 Å². The summed E-state index contributed by atoms with van der Waals surface area (Å²) in [5, 5.41) is 1.95. The summed E-state index contributed by atoms with van der Waals surface area (Å²) in [6, 6.07) is 0. The highest BCUT2D eigenvalue weighted by Gasteiger charge is 2.17. The van der Waals surface area contributed by atoms with Crippen molar-refractivity contribution in [2.75, 3.05) is 20.2 Å². The van der Waals surface area contributed by atoms with Crippen LogP contribution in [0.3, 0.4) is 0 Å². The van der Waals surface area contributed by atoms with Gasteiger partial charge in [0, 0.05) is 5.92 Å². The van der Waals surface area contributed by atoms with E-state index in [2.05, 4.69) is 0 Å². The molecule has 5 heteroatoms. The molecule has 0 fully saturated rings. The first-order valence-electron chi connectivity index (χ1n) is 5.72. The molecule has 0 aromatic heterocycles. The molecule has 1 amide bonds. The molecule has 4 N–H and O–H groups in total. The third-order valence-electron chi connectivity index (χ3n) is 2.57. The van der Waals surface area contributed by atoms with Crippen molar-refractivity contribution in [3.8, 4) is 0 Å². The van der Waals surface area contributed by atoms with Crippen LogP contribution in [0.15, 0.2) is 0 Å². The van der Waals surface area contributed by atoms with E-state index in [9.17, 15) is 9.59 Å². The molecule has 0 aromatic rings. The topological polar surface area (TPSA) is 86.0 Å². The van der Waals surface area contributed by atoms with E-state index in [0.717, 1.165) is 6.54 Å². The summed E-state index contributed by atoms with van der Waals surface area (Å²) in [4.78, 5) is 22.2. The van der Waals surface area contributed by atoms with Crippen LogP contribution in [0.2, 0.25) is 0 Å². The van der Waals surface area contributed by atoms with Crippen LogP contribution in [0.25, 0.3) is 0 Å². The third kappa shape index (κ3) is 6.40. The zero-order chi connectivity index (χ0) is 12.6. The second-order valence-electron chi connectivity index (χ2n) is 4.15. The van der Waals surface area contributed by atoms with Crippen LogP contribution in [-0.2, 0) is 14.3 Å². The van der Waals surface area contributed by atoms with E-state index in [1.807, 2.05) is 19.3 Å². The van der Waals surface area contributed by atoms with Crippen LogP contribution in [0.1, 0.15) is 26.7 Å². The minimum absolute atomic E-state index is 0.168. The van der Waals surface area contributed by atoms with Gasteiger partial charge in [-0.25, -0.2) is 0 Å². The quantitative estimate of drug-likeness (QED) is 0.426. The van der Waals surface area contributed by atoms with E-state index in [4.69, 9.17) is 10.5 Å². The van der Waals surface area contributed by atoms with Crippen molar-refractivity contribution in [2.24, 2.45) is 17.6 Å². The number of carbonyl (C=O) groups excluding carboxylic acids is 2. The van der Waals surface area contributed by atoms with E-state index >= 15 is 0 Å². The molecule has 0 aliphatic heterocycles. The zero-order valence-corrected chi connectivity index (χ0v) is 10.4. The Kier molecular flexibility index (Phi) is 7.54. The molecule has 0 bridgehead atoms. The molecule has 94 valence electrons. The van der Waals surface area contributed by atoms with Gasteiger partial charge in [0.25, 0.3) is 0 Å². The molecule has 0 aromatic carbocycles. The number of esters is 1. The number of quaternary nitrogens is 1. The maximum atomic E-state index is 11.4. The molecule has 0 saturated heterocycles. The molecule has 0 radical (unpaired) electrons. The van der Waals surface area contributed by atoms with Crippen LogP contribution in [0.5, 0.6) is 0 Å². The Morgan fingerprint density at radius 3 is 2.31 bits per heavy atom. The number of rotatable bonds is 8. The highest BCUT2D eigenvalue weighted by molar-refractivity contribution is 5.76. The second-order valence-corrected chi connectivity index (χ2v) is 4.15. The van der Waals surface area contributed by atoms with Gasteiger partial charge in [-0.05, 0) is 12.8 Å².